The standard InChI is InChI=1S/C57H65BN2S/c1-52(2,3)32-18-22-43-37(25-32)38-27-34(54(7,8)9)28-42-49(38)60(43)45-30-35(55(10,11)12)29-44-48(45)58(42)51-50(39-26-33(53(4,5)6)19-23-46(39)61-51)59(44)36-20-21-40-41(31-36)57(15)24-16-17-47(57)56(40,13)14/h18-23,25-31,47H,16-17,24H2,1-15H3. The molecule has 0 N–H and O–H groups in total. The minimum absolute atomic E-state index is 0.0162. The predicted molar refractivity (Wildman–Crippen MR) is 268 cm³/mol. The third-order valence-corrected chi connectivity index (χ3v) is 17.4. The van der Waals surface area contributed by atoms with E-state index in [-0.39, 0.29) is 39.2 Å². The molecular formula is C57H65BN2S. The van der Waals surface area contributed by atoms with E-state index in [1.165, 1.54) is 112 Å². The summed E-state index contributed by atoms with van der Waals surface area (Å²) < 4.78 is 5.54. The second-order valence-corrected chi connectivity index (χ2v) is 25.6. The number of hydrogen-bond donors (Lipinski definition) is 0. The summed E-state index contributed by atoms with van der Waals surface area (Å²) in [6.07, 6.45) is 3.92. The molecule has 2 atom stereocenters. The molecule has 4 heterocycles. The summed E-state index contributed by atoms with van der Waals surface area (Å²) in [6, 6.07) is 32.8. The van der Waals surface area contributed by atoms with Crippen LogP contribution in [-0.2, 0) is 32.5 Å². The van der Waals surface area contributed by atoms with Crippen molar-refractivity contribution in [2.75, 3.05) is 4.90 Å². The van der Waals surface area contributed by atoms with Crippen LogP contribution in [0.25, 0.3) is 37.6 Å². The van der Waals surface area contributed by atoms with E-state index in [2.05, 4.69) is 192 Å². The number of hydrogen-bond acceptors (Lipinski definition) is 2. The van der Waals surface area contributed by atoms with E-state index in [4.69, 9.17) is 0 Å². The van der Waals surface area contributed by atoms with Gasteiger partial charge in [0, 0.05) is 48.2 Å². The SMILES string of the molecule is CC(C)(C)c1cc2c3c(c1)-n1c4ccc(C(C)(C)C)cc4c4cc(C(C)(C)C)cc(c41)B3c1sc3ccc(C(C)(C)C)cc3c1N2c1ccc2c(c1)C1(C)CCCC1C2(C)C. The normalized spacial score (nSPS) is 20.5. The first kappa shape index (κ1) is 39.6. The number of benzene rings is 5. The van der Waals surface area contributed by atoms with Crippen molar-refractivity contribution in [1.29, 1.82) is 0 Å². The van der Waals surface area contributed by atoms with Crippen LogP contribution in [0, 0.1) is 5.92 Å². The van der Waals surface area contributed by atoms with Crippen molar-refractivity contribution < 1.29 is 0 Å². The number of thiophene rings is 1. The van der Waals surface area contributed by atoms with Crippen LogP contribution in [0.15, 0.2) is 78.9 Å². The van der Waals surface area contributed by atoms with Gasteiger partial charge in [-0.05, 0) is 150 Å². The van der Waals surface area contributed by atoms with Gasteiger partial charge in [0.1, 0.15) is 0 Å². The fourth-order valence-electron chi connectivity index (χ4n) is 12.6. The van der Waals surface area contributed by atoms with Crippen LogP contribution < -0.4 is 20.6 Å². The van der Waals surface area contributed by atoms with E-state index >= 15 is 0 Å². The molecule has 61 heavy (non-hydrogen) atoms. The van der Waals surface area contributed by atoms with Gasteiger partial charge in [0.15, 0.2) is 0 Å². The molecule has 0 saturated heterocycles. The van der Waals surface area contributed by atoms with Crippen LogP contribution in [-0.4, -0.2) is 11.3 Å². The van der Waals surface area contributed by atoms with E-state index in [1.54, 1.807) is 11.1 Å². The van der Waals surface area contributed by atoms with E-state index in [0.717, 1.165) is 0 Å². The van der Waals surface area contributed by atoms with Gasteiger partial charge in [0.2, 0.25) is 0 Å². The first-order chi connectivity index (χ1) is 28.4. The highest BCUT2D eigenvalue weighted by Gasteiger charge is 2.56. The molecule has 0 spiro atoms. The van der Waals surface area contributed by atoms with Crippen molar-refractivity contribution in [1.82, 2.24) is 4.57 Å². The molecule has 1 fully saturated rings. The molecule has 2 aliphatic carbocycles. The Kier molecular flexibility index (Phi) is 7.81. The molecule has 1 saturated carbocycles. The Hall–Kier alpha value is -4.28. The first-order valence-electron chi connectivity index (χ1n) is 23.2. The average molecular weight is 821 g/mol. The molecule has 2 nitrogen and oxygen atoms in total. The van der Waals surface area contributed by atoms with Crippen LogP contribution in [0.4, 0.5) is 17.1 Å². The molecule has 2 aliphatic heterocycles. The van der Waals surface area contributed by atoms with Crippen LogP contribution in [0.5, 0.6) is 0 Å². The van der Waals surface area contributed by atoms with Gasteiger partial charge in [-0.3, -0.25) is 0 Å². The van der Waals surface area contributed by atoms with Crippen LogP contribution in [0.1, 0.15) is 156 Å². The first-order valence-corrected chi connectivity index (χ1v) is 24.0. The molecule has 2 unspecified atom stereocenters. The van der Waals surface area contributed by atoms with Crippen molar-refractivity contribution >= 4 is 82.7 Å². The van der Waals surface area contributed by atoms with Gasteiger partial charge in [-0.25, -0.2) is 0 Å². The summed E-state index contributed by atoms with van der Waals surface area (Å²) in [4.78, 5) is 2.75. The second kappa shape index (κ2) is 12.0. The Balaban J connectivity index is 1.32. The molecule has 0 bridgehead atoms. The van der Waals surface area contributed by atoms with Gasteiger partial charge >= 0.3 is 0 Å². The molecular weight excluding hydrogens is 756 g/mol. The van der Waals surface area contributed by atoms with E-state index < -0.39 is 0 Å². The third kappa shape index (κ3) is 5.33. The Morgan fingerprint density at radius 1 is 0.607 bits per heavy atom. The Bertz CT molecular complexity index is 3050. The maximum atomic E-state index is 2.75. The summed E-state index contributed by atoms with van der Waals surface area (Å²) >= 11 is 2.04. The fraction of sp³-hybridized carbons (Fsp3) is 0.439. The third-order valence-electron chi connectivity index (χ3n) is 16.1. The fourth-order valence-corrected chi connectivity index (χ4v) is 13.9. The summed E-state index contributed by atoms with van der Waals surface area (Å²) in [5, 5.41) is 4.14. The van der Waals surface area contributed by atoms with Crippen LogP contribution in [0.3, 0.4) is 0 Å². The summed E-state index contributed by atoms with van der Waals surface area (Å²) in [5.74, 6) is 0.677. The topological polar surface area (TPSA) is 8.17 Å². The highest BCUT2D eigenvalue weighted by atomic mass is 32.1. The van der Waals surface area contributed by atoms with Gasteiger partial charge in [-0.2, -0.15) is 0 Å². The van der Waals surface area contributed by atoms with Crippen molar-refractivity contribution in [2.45, 2.75) is 156 Å². The Morgan fingerprint density at radius 2 is 1.21 bits per heavy atom. The van der Waals surface area contributed by atoms with E-state index in [9.17, 15) is 0 Å². The van der Waals surface area contributed by atoms with Crippen LogP contribution in [0.2, 0.25) is 0 Å². The Labute approximate surface area is 369 Å². The minimum atomic E-state index is -0.0621. The lowest BCUT2D eigenvalue weighted by Crippen LogP contribution is -2.59. The van der Waals surface area contributed by atoms with Crippen molar-refractivity contribution in [3.63, 3.8) is 0 Å². The van der Waals surface area contributed by atoms with Gasteiger partial charge in [-0.15, -0.1) is 11.3 Å². The second-order valence-electron chi connectivity index (χ2n) is 24.6. The van der Waals surface area contributed by atoms with Gasteiger partial charge < -0.3 is 9.47 Å². The summed E-state index contributed by atoms with van der Waals surface area (Å²) in [6.45, 7) is 36.3. The highest BCUT2D eigenvalue weighted by Crippen LogP contribution is 2.62. The number of fused-ring (bicyclic) bond motifs is 12. The summed E-state index contributed by atoms with van der Waals surface area (Å²) in [5.41, 5.74) is 20.1. The van der Waals surface area contributed by atoms with Crippen molar-refractivity contribution in [3.8, 4) is 5.69 Å². The van der Waals surface area contributed by atoms with E-state index in [0.29, 0.717) is 5.92 Å². The largest absolute Gasteiger partial charge is 0.310 e. The van der Waals surface area contributed by atoms with Gasteiger partial charge in [0.25, 0.3) is 6.71 Å². The monoisotopic (exact) mass is 820 g/mol. The highest BCUT2D eigenvalue weighted by molar-refractivity contribution is 7.33. The van der Waals surface area contributed by atoms with Gasteiger partial charge in [-0.1, -0.05) is 135 Å². The average Bonchev–Trinajstić information content (AvgIpc) is 3.89. The van der Waals surface area contributed by atoms with Crippen molar-refractivity contribution in [2.24, 2.45) is 5.92 Å². The zero-order chi connectivity index (χ0) is 43.3. The molecule has 4 heteroatoms. The molecule has 0 amide bonds. The molecule has 0 radical (unpaired) electrons. The predicted octanol–water partition coefficient (Wildman–Crippen LogP) is 14.2. The van der Waals surface area contributed by atoms with Crippen LogP contribution >= 0.6 is 11.3 Å². The maximum absolute atomic E-state index is 2.75. The number of aromatic nitrogens is 1. The number of nitrogens with zero attached hydrogens (tertiary/aromatic N) is 2. The summed E-state index contributed by atoms with van der Waals surface area (Å²) in [7, 11) is 0. The molecule has 11 rings (SSSR count). The lowest BCUT2D eigenvalue weighted by atomic mass is 9.36. The molecule has 5 aromatic carbocycles. The lowest BCUT2D eigenvalue weighted by molar-refractivity contribution is 0.263. The number of anilines is 3. The lowest BCUT2D eigenvalue weighted by Gasteiger charge is -2.41. The minimum Gasteiger partial charge on any atom is -0.310 e. The molecule has 2 aromatic heterocycles. The van der Waals surface area contributed by atoms with Crippen molar-refractivity contribution in [3.05, 3.63) is 112 Å². The Morgan fingerprint density at radius 3 is 1.89 bits per heavy atom. The van der Waals surface area contributed by atoms with E-state index in [1.807, 2.05) is 11.3 Å². The zero-order valence-corrected chi connectivity index (χ0v) is 40.4. The van der Waals surface area contributed by atoms with Gasteiger partial charge in [0.05, 0.1) is 11.2 Å². The molecule has 4 aliphatic rings. The quantitative estimate of drug-likeness (QED) is 0.150. The zero-order valence-electron chi connectivity index (χ0n) is 39.6. The molecule has 312 valence electrons. The number of rotatable bonds is 1. The maximum Gasteiger partial charge on any atom is 0.264 e. The smallest absolute Gasteiger partial charge is 0.264 e. The molecule has 7 aromatic rings.